The molecule has 3 aromatic rings. The summed E-state index contributed by atoms with van der Waals surface area (Å²) in [4.78, 5) is 20.4. The number of carbonyl (C=O) groups excluding carboxylic acids is 1. The molecule has 7 nitrogen and oxygen atoms in total. The van der Waals surface area contributed by atoms with Gasteiger partial charge in [0.15, 0.2) is 6.61 Å². The first-order valence-electron chi connectivity index (χ1n) is 10.2. The van der Waals surface area contributed by atoms with Crippen LogP contribution < -0.4 is 9.64 Å². The van der Waals surface area contributed by atoms with Gasteiger partial charge in [0, 0.05) is 37.3 Å². The molecular formula is C24H21ClN4O3. The van der Waals surface area contributed by atoms with E-state index in [9.17, 15) is 10.1 Å². The summed E-state index contributed by atoms with van der Waals surface area (Å²) in [5.74, 6) is 1.33. The summed E-state index contributed by atoms with van der Waals surface area (Å²) >= 11 is 6.17. The van der Waals surface area contributed by atoms with Crippen molar-refractivity contribution in [3.63, 3.8) is 0 Å². The van der Waals surface area contributed by atoms with Gasteiger partial charge in [0.05, 0.1) is 0 Å². The number of anilines is 1. The van der Waals surface area contributed by atoms with E-state index >= 15 is 0 Å². The molecule has 2 aromatic carbocycles. The Balaban J connectivity index is 1.36. The third-order valence-corrected chi connectivity index (χ3v) is 5.41. The number of piperazine rings is 1. The zero-order chi connectivity index (χ0) is 22.3. The summed E-state index contributed by atoms with van der Waals surface area (Å²) in [6, 6.07) is 18.8. The molecule has 1 aromatic heterocycles. The number of nitrogens with zero attached hydrogens (tertiary/aromatic N) is 4. The topological polar surface area (TPSA) is 82.6 Å². The Morgan fingerprint density at radius 2 is 1.81 bits per heavy atom. The molecule has 1 aliphatic heterocycles. The number of hydrogen-bond donors (Lipinski definition) is 0. The average Bonchev–Trinajstić information content (AvgIpc) is 3.26. The normalized spacial score (nSPS) is 13.9. The molecule has 1 saturated heterocycles. The van der Waals surface area contributed by atoms with Crippen molar-refractivity contribution in [3.8, 4) is 11.8 Å². The van der Waals surface area contributed by atoms with Gasteiger partial charge in [0.2, 0.25) is 17.5 Å². The highest BCUT2D eigenvalue weighted by Crippen LogP contribution is 2.25. The second kappa shape index (κ2) is 10.0. The van der Waals surface area contributed by atoms with Crippen LogP contribution in [0.1, 0.15) is 17.1 Å². The van der Waals surface area contributed by atoms with Crippen molar-refractivity contribution in [2.24, 2.45) is 0 Å². The van der Waals surface area contributed by atoms with Gasteiger partial charge in [-0.05, 0) is 29.8 Å². The molecule has 0 N–H and O–H groups in total. The minimum Gasteiger partial charge on any atom is -0.484 e. The molecule has 8 heteroatoms. The van der Waals surface area contributed by atoms with Crippen LogP contribution in [-0.4, -0.2) is 48.6 Å². The Labute approximate surface area is 191 Å². The molecule has 2 heterocycles. The molecule has 4 rings (SSSR count). The van der Waals surface area contributed by atoms with E-state index in [1.54, 1.807) is 23.1 Å². The molecule has 0 spiro atoms. The molecule has 0 bridgehead atoms. The molecular weight excluding hydrogens is 428 g/mol. The van der Waals surface area contributed by atoms with E-state index in [0.29, 0.717) is 48.7 Å². The van der Waals surface area contributed by atoms with E-state index in [1.807, 2.05) is 53.4 Å². The zero-order valence-electron chi connectivity index (χ0n) is 17.3. The van der Waals surface area contributed by atoms with Crippen LogP contribution in [0, 0.1) is 11.3 Å². The van der Waals surface area contributed by atoms with E-state index in [2.05, 4.69) is 11.1 Å². The summed E-state index contributed by atoms with van der Waals surface area (Å²) in [6.45, 7) is 2.08. The summed E-state index contributed by atoms with van der Waals surface area (Å²) in [5.41, 5.74) is 1.05. The van der Waals surface area contributed by atoms with Gasteiger partial charge in [-0.1, -0.05) is 48.0 Å². The lowest BCUT2D eigenvalue weighted by molar-refractivity contribution is -0.133. The summed E-state index contributed by atoms with van der Waals surface area (Å²) in [5, 5.41) is 10.1. The predicted octanol–water partition coefficient (Wildman–Crippen LogP) is 4.10. The van der Waals surface area contributed by atoms with Gasteiger partial charge < -0.3 is 19.0 Å². The van der Waals surface area contributed by atoms with Crippen LogP contribution in [0.5, 0.6) is 5.75 Å². The number of hydrogen-bond acceptors (Lipinski definition) is 6. The maximum Gasteiger partial charge on any atom is 0.260 e. The largest absolute Gasteiger partial charge is 0.484 e. The van der Waals surface area contributed by atoms with Crippen molar-refractivity contribution in [2.45, 2.75) is 0 Å². The maximum absolute atomic E-state index is 12.5. The number of aromatic nitrogens is 1. The third-order valence-electron chi connectivity index (χ3n) is 5.07. The lowest BCUT2D eigenvalue weighted by Crippen LogP contribution is -2.50. The fraction of sp³-hybridized carbons (Fsp3) is 0.208. The first-order chi connectivity index (χ1) is 15.6. The molecule has 0 unspecified atom stereocenters. The molecule has 0 aliphatic carbocycles. The molecule has 162 valence electrons. The lowest BCUT2D eigenvalue weighted by atomic mass is 10.2. The Bertz CT molecular complexity index is 1150. The number of carbonyl (C=O) groups is 1. The van der Waals surface area contributed by atoms with Crippen molar-refractivity contribution in [3.05, 3.63) is 76.8 Å². The number of halogens is 1. The lowest BCUT2D eigenvalue weighted by Gasteiger charge is -2.34. The summed E-state index contributed by atoms with van der Waals surface area (Å²) in [6.07, 6.45) is 3.48. The van der Waals surface area contributed by atoms with Gasteiger partial charge in [0.1, 0.15) is 11.8 Å². The Kier molecular flexibility index (Phi) is 6.73. The molecule has 0 radical (unpaired) electrons. The quantitative estimate of drug-likeness (QED) is 0.564. The SMILES string of the molecule is N#Cc1nc(/C=C/c2ccccc2Cl)oc1N1CCN(C(=O)COc2ccccc2)CC1. The van der Waals surface area contributed by atoms with Gasteiger partial charge in [-0.25, -0.2) is 0 Å². The average molecular weight is 449 g/mol. The van der Waals surface area contributed by atoms with Crippen molar-refractivity contribution in [1.29, 1.82) is 5.26 Å². The van der Waals surface area contributed by atoms with Gasteiger partial charge in [-0.15, -0.1) is 0 Å². The number of rotatable bonds is 6. The van der Waals surface area contributed by atoms with Crippen molar-refractivity contribution in [2.75, 3.05) is 37.7 Å². The number of para-hydroxylation sites is 1. The predicted molar refractivity (Wildman–Crippen MR) is 122 cm³/mol. The summed E-state index contributed by atoms with van der Waals surface area (Å²) in [7, 11) is 0. The molecule has 1 fully saturated rings. The maximum atomic E-state index is 12.5. The van der Waals surface area contributed by atoms with E-state index < -0.39 is 0 Å². The molecule has 0 atom stereocenters. The number of ether oxygens (including phenoxy) is 1. The van der Waals surface area contributed by atoms with E-state index in [4.69, 9.17) is 20.8 Å². The van der Waals surface area contributed by atoms with Gasteiger partial charge in [-0.2, -0.15) is 10.2 Å². The first kappa shape index (κ1) is 21.5. The second-order valence-corrected chi connectivity index (χ2v) is 7.55. The third kappa shape index (κ3) is 5.10. The van der Waals surface area contributed by atoms with Crippen molar-refractivity contribution >= 4 is 35.5 Å². The van der Waals surface area contributed by atoms with Gasteiger partial charge in [-0.3, -0.25) is 4.79 Å². The van der Waals surface area contributed by atoms with E-state index in [1.165, 1.54) is 0 Å². The van der Waals surface area contributed by atoms with Crippen LogP contribution in [0.4, 0.5) is 5.88 Å². The monoisotopic (exact) mass is 448 g/mol. The minimum atomic E-state index is -0.0741. The molecule has 1 amide bonds. The fourth-order valence-corrected chi connectivity index (χ4v) is 3.57. The van der Waals surface area contributed by atoms with Crippen LogP contribution >= 0.6 is 11.6 Å². The number of oxazole rings is 1. The van der Waals surface area contributed by atoms with Gasteiger partial charge in [0.25, 0.3) is 5.91 Å². The molecule has 32 heavy (non-hydrogen) atoms. The van der Waals surface area contributed by atoms with Crippen LogP contribution in [0.3, 0.4) is 0 Å². The Morgan fingerprint density at radius 1 is 1.09 bits per heavy atom. The highest BCUT2D eigenvalue weighted by molar-refractivity contribution is 6.32. The molecule has 0 saturated carbocycles. The second-order valence-electron chi connectivity index (χ2n) is 7.14. The van der Waals surface area contributed by atoms with Crippen LogP contribution in [0.25, 0.3) is 12.2 Å². The van der Waals surface area contributed by atoms with Crippen molar-refractivity contribution < 1.29 is 13.9 Å². The highest BCUT2D eigenvalue weighted by Gasteiger charge is 2.26. The standard InChI is InChI=1S/C24H21ClN4O3/c25-20-9-5-4-6-18(20)10-11-22-27-21(16-26)24(32-22)29-14-12-28(13-15-29)23(30)17-31-19-7-2-1-3-8-19/h1-11H,12-15,17H2/b11-10+. The van der Waals surface area contributed by atoms with Crippen LogP contribution in [0.15, 0.2) is 59.0 Å². The zero-order valence-corrected chi connectivity index (χ0v) is 18.0. The first-order valence-corrected chi connectivity index (χ1v) is 10.6. The minimum absolute atomic E-state index is 0.00719. The summed E-state index contributed by atoms with van der Waals surface area (Å²) < 4.78 is 11.4. The highest BCUT2D eigenvalue weighted by atomic mass is 35.5. The van der Waals surface area contributed by atoms with Crippen LogP contribution in [-0.2, 0) is 4.79 Å². The Morgan fingerprint density at radius 3 is 2.53 bits per heavy atom. The van der Waals surface area contributed by atoms with Gasteiger partial charge >= 0.3 is 0 Å². The van der Waals surface area contributed by atoms with Crippen LogP contribution in [0.2, 0.25) is 5.02 Å². The number of amides is 1. The van der Waals surface area contributed by atoms with Crippen molar-refractivity contribution in [1.82, 2.24) is 9.88 Å². The number of nitriles is 1. The fourth-order valence-electron chi connectivity index (χ4n) is 3.37. The van der Waals surface area contributed by atoms with E-state index in [-0.39, 0.29) is 18.2 Å². The molecule has 1 aliphatic rings. The number of benzene rings is 2. The smallest absolute Gasteiger partial charge is 0.260 e. The van der Waals surface area contributed by atoms with E-state index in [0.717, 1.165) is 5.56 Å². The Hall–Kier alpha value is -3.76.